The van der Waals surface area contributed by atoms with E-state index in [2.05, 4.69) is 17.2 Å². The van der Waals surface area contributed by atoms with Crippen molar-refractivity contribution in [2.24, 2.45) is 5.92 Å². The minimum Gasteiger partial charge on any atom is -0.489 e. The molecule has 0 saturated heterocycles. The van der Waals surface area contributed by atoms with E-state index >= 15 is 0 Å². The highest BCUT2D eigenvalue weighted by Gasteiger charge is 2.11. The van der Waals surface area contributed by atoms with E-state index in [0.717, 1.165) is 5.69 Å². The number of hydrogen-bond acceptors (Lipinski definition) is 3. The molecule has 0 bridgehead atoms. The van der Waals surface area contributed by atoms with Crippen LogP contribution in [-0.2, 0) is 4.79 Å². The molecule has 4 nitrogen and oxygen atoms in total. The lowest BCUT2D eigenvalue weighted by molar-refractivity contribution is -0.119. The minimum atomic E-state index is -0.0762. The summed E-state index contributed by atoms with van der Waals surface area (Å²) < 4.78 is 5.40. The second kappa shape index (κ2) is 7.50. The number of nitrogens with one attached hydrogen (secondary N) is 2. The molecule has 0 spiro atoms. The highest BCUT2D eigenvalue weighted by atomic mass is 16.5. The molecule has 1 aromatic rings. The average Bonchev–Trinajstić information content (AvgIpc) is 2.37. The fourth-order valence-electron chi connectivity index (χ4n) is 1.48. The number of hydrogen-bond donors (Lipinski definition) is 2. The van der Waals surface area contributed by atoms with Gasteiger partial charge in [-0.1, -0.05) is 25.6 Å². The Morgan fingerprint density at radius 3 is 3.00 bits per heavy atom. The Kier molecular flexibility index (Phi) is 5.94. The number of benzene rings is 1. The maximum Gasteiger partial charge on any atom is 0.228 e. The predicted molar refractivity (Wildman–Crippen MR) is 73.9 cm³/mol. The first-order chi connectivity index (χ1) is 8.67. The third-order valence-corrected chi connectivity index (χ3v) is 2.43. The molecule has 0 aliphatic rings. The summed E-state index contributed by atoms with van der Waals surface area (Å²) in [5.74, 6) is 0.631. The van der Waals surface area contributed by atoms with Crippen LogP contribution in [0.2, 0.25) is 0 Å². The van der Waals surface area contributed by atoms with E-state index in [1.807, 2.05) is 32.2 Å². The van der Waals surface area contributed by atoms with Gasteiger partial charge in [0.25, 0.3) is 0 Å². The van der Waals surface area contributed by atoms with E-state index in [1.165, 1.54) is 0 Å². The molecule has 2 N–H and O–H groups in total. The van der Waals surface area contributed by atoms with Gasteiger partial charge in [-0.05, 0) is 19.2 Å². The number of carbonyl (C=O) groups excluding carboxylic acids is 1. The molecule has 0 fully saturated rings. The fourth-order valence-corrected chi connectivity index (χ4v) is 1.48. The zero-order valence-electron chi connectivity index (χ0n) is 10.9. The molecule has 0 radical (unpaired) electrons. The summed E-state index contributed by atoms with van der Waals surface area (Å²) in [4.78, 5) is 11.8. The Bertz CT molecular complexity index is 405. The van der Waals surface area contributed by atoms with Crippen molar-refractivity contribution in [3.05, 3.63) is 36.9 Å². The summed E-state index contributed by atoms with van der Waals surface area (Å²) in [7, 11) is 1.83. The van der Waals surface area contributed by atoms with E-state index in [-0.39, 0.29) is 11.8 Å². The molecule has 98 valence electrons. The van der Waals surface area contributed by atoms with Crippen LogP contribution in [0.3, 0.4) is 0 Å². The van der Waals surface area contributed by atoms with Crippen LogP contribution < -0.4 is 15.4 Å². The molecular weight excluding hydrogens is 228 g/mol. The van der Waals surface area contributed by atoms with Crippen LogP contribution in [0, 0.1) is 5.92 Å². The van der Waals surface area contributed by atoms with Gasteiger partial charge >= 0.3 is 0 Å². The summed E-state index contributed by atoms with van der Waals surface area (Å²) in [6.07, 6.45) is 1.68. The lowest BCUT2D eigenvalue weighted by Crippen LogP contribution is -2.28. The first-order valence-electron chi connectivity index (χ1n) is 5.96. The molecule has 1 aromatic carbocycles. The summed E-state index contributed by atoms with van der Waals surface area (Å²) in [5.41, 5.74) is 0.740. The molecule has 0 saturated carbocycles. The molecule has 4 heteroatoms. The quantitative estimate of drug-likeness (QED) is 0.726. The van der Waals surface area contributed by atoms with Crippen molar-refractivity contribution in [2.45, 2.75) is 6.92 Å². The number of ether oxygens (including phenoxy) is 1. The van der Waals surface area contributed by atoms with Gasteiger partial charge in [-0.15, -0.1) is 0 Å². The fraction of sp³-hybridized carbons (Fsp3) is 0.357. The zero-order chi connectivity index (χ0) is 13.4. The Balaban J connectivity index is 2.61. The van der Waals surface area contributed by atoms with Crippen LogP contribution in [0.25, 0.3) is 0 Å². The Morgan fingerprint density at radius 1 is 1.56 bits per heavy atom. The van der Waals surface area contributed by atoms with Crippen molar-refractivity contribution in [3.8, 4) is 5.75 Å². The van der Waals surface area contributed by atoms with Crippen molar-refractivity contribution < 1.29 is 9.53 Å². The zero-order valence-corrected chi connectivity index (χ0v) is 10.9. The molecule has 1 rings (SSSR count). The Hall–Kier alpha value is -1.81. The highest BCUT2D eigenvalue weighted by Crippen LogP contribution is 2.17. The first kappa shape index (κ1) is 14.3. The lowest BCUT2D eigenvalue weighted by Gasteiger charge is -2.12. The van der Waals surface area contributed by atoms with Crippen molar-refractivity contribution >= 4 is 11.6 Å². The van der Waals surface area contributed by atoms with Gasteiger partial charge in [-0.3, -0.25) is 4.79 Å². The lowest BCUT2D eigenvalue weighted by atomic mass is 10.1. The highest BCUT2D eigenvalue weighted by molar-refractivity contribution is 5.92. The molecule has 1 unspecified atom stereocenters. The monoisotopic (exact) mass is 248 g/mol. The predicted octanol–water partition coefficient (Wildman–Crippen LogP) is 2.05. The van der Waals surface area contributed by atoms with Gasteiger partial charge in [0.1, 0.15) is 12.4 Å². The van der Waals surface area contributed by atoms with Gasteiger partial charge in [0.15, 0.2) is 0 Å². The van der Waals surface area contributed by atoms with Crippen LogP contribution in [-0.4, -0.2) is 26.1 Å². The average molecular weight is 248 g/mol. The number of anilines is 1. The molecule has 0 aromatic heterocycles. The minimum absolute atomic E-state index is 0.00905. The maximum absolute atomic E-state index is 11.8. The SMILES string of the molecule is C=CCOc1cccc(NC(=O)C(C)CNC)c1. The molecular formula is C14H20N2O2. The Morgan fingerprint density at radius 2 is 2.33 bits per heavy atom. The van der Waals surface area contributed by atoms with Crippen LogP contribution >= 0.6 is 0 Å². The molecule has 0 heterocycles. The van der Waals surface area contributed by atoms with E-state index in [1.54, 1.807) is 12.1 Å². The summed E-state index contributed by atoms with van der Waals surface area (Å²) in [6.45, 7) is 6.57. The summed E-state index contributed by atoms with van der Waals surface area (Å²) in [6, 6.07) is 7.32. The van der Waals surface area contributed by atoms with Gasteiger partial charge in [-0.25, -0.2) is 0 Å². The third-order valence-electron chi connectivity index (χ3n) is 2.43. The van der Waals surface area contributed by atoms with Gasteiger partial charge in [0.2, 0.25) is 5.91 Å². The Labute approximate surface area is 108 Å². The smallest absolute Gasteiger partial charge is 0.228 e. The van der Waals surface area contributed by atoms with E-state index in [9.17, 15) is 4.79 Å². The molecule has 0 aliphatic heterocycles. The van der Waals surface area contributed by atoms with E-state index < -0.39 is 0 Å². The van der Waals surface area contributed by atoms with E-state index in [4.69, 9.17) is 4.74 Å². The van der Waals surface area contributed by atoms with Crippen LogP contribution in [0.5, 0.6) is 5.75 Å². The number of rotatable bonds is 7. The molecule has 1 amide bonds. The second-order valence-electron chi connectivity index (χ2n) is 4.08. The number of amides is 1. The first-order valence-corrected chi connectivity index (χ1v) is 5.96. The largest absolute Gasteiger partial charge is 0.489 e. The van der Waals surface area contributed by atoms with Crippen molar-refractivity contribution in [1.82, 2.24) is 5.32 Å². The molecule has 1 atom stereocenters. The van der Waals surface area contributed by atoms with Crippen molar-refractivity contribution in [3.63, 3.8) is 0 Å². The van der Waals surface area contributed by atoms with Crippen LogP contribution in [0.15, 0.2) is 36.9 Å². The van der Waals surface area contributed by atoms with Crippen molar-refractivity contribution in [1.29, 1.82) is 0 Å². The van der Waals surface area contributed by atoms with Crippen LogP contribution in [0.4, 0.5) is 5.69 Å². The number of carbonyl (C=O) groups is 1. The second-order valence-corrected chi connectivity index (χ2v) is 4.08. The third kappa shape index (κ3) is 4.59. The van der Waals surface area contributed by atoms with Gasteiger partial charge < -0.3 is 15.4 Å². The molecule has 18 heavy (non-hydrogen) atoms. The van der Waals surface area contributed by atoms with Crippen molar-refractivity contribution in [2.75, 3.05) is 25.5 Å². The van der Waals surface area contributed by atoms with Crippen LogP contribution in [0.1, 0.15) is 6.92 Å². The van der Waals surface area contributed by atoms with Gasteiger partial charge in [0.05, 0.1) is 0 Å². The summed E-state index contributed by atoms with van der Waals surface area (Å²) >= 11 is 0. The van der Waals surface area contributed by atoms with Gasteiger partial charge in [0, 0.05) is 24.2 Å². The topological polar surface area (TPSA) is 50.4 Å². The normalized spacial score (nSPS) is 11.7. The molecule has 0 aliphatic carbocycles. The van der Waals surface area contributed by atoms with E-state index in [0.29, 0.717) is 18.9 Å². The summed E-state index contributed by atoms with van der Waals surface area (Å²) in [5, 5.41) is 5.84. The standard InChI is InChI=1S/C14H20N2O2/c1-4-8-18-13-7-5-6-12(9-13)16-14(17)11(2)10-15-3/h4-7,9,11,15H,1,8,10H2,2-3H3,(H,16,17). The van der Waals surface area contributed by atoms with Gasteiger partial charge in [-0.2, -0.15) is 0 Å². The maximum atomic E-state index is 11.8.